The Bertz CT molecular complexity index is 2420. The van der Waals surface area contributed by atoms with Crippen molar-refractivity contribution in [1.29, 1.82) is 0 Å². The van der Waals surface area contributed by atoms with Gasteiger partial charge in [0.25, 0.3) is 0 Å². The lowest BCUT2D eigenvalue weighted by molar-refractivity contribution is -0.375. The summed E-state index contributed by atoms with van der Waals surface area (Å²) in [5.74, 6) is -4.96. The van der Waals surface area contributed by atoms with E-state index < -0.39 is 119 Å². The van der Waals surface area contributed by atoms with Crippen LogP contribution in [0.25, 0.3) is 0 Å². The second kappa shape index (κ2) is 20.5. The van der Waals surface area contributed by atoms with Crippen LogP contribution in [0.4, 0.5) is 0 Å². The van der Waals surface area contributed by atoms with Crippen molar-refractivity contribution in [3.05, 3.63) is 11.6 Å². The van der Waals surface area contributed by atoms with Crippen LogP contribution < -0.4 is 0 Å². The zero-order valence-corrected chi connectivity index (χ0v) is 43.7. The van der Waals surface area contributed by atoms with E-state index >= 15 is 4.79 Å². The number of ether oxygens (including phenoxy) is 9. The van der Waals surface area contributed by atoms with Crippen LogP contribution in [0.3, 0.4) is 0 Å². The Hall–Kier alpha value is -5.26. The van der Waals surface area contributed by atoms with Gasteiger partial charge in [-0.2, -0.15) is 15.0 Å². The maximum absolute atomic E-state index is 15.2. The second-order valence-electron chi connectivity index (χ2n) is 23.1. The van der Waals surface area contributed by atoms with Gasteiger partial charge in [0.05, 0.1) is 11.6 Å². The van der Waals surface area contributed by atoms with Crippen LogP contribution in [0.1, 0.15) is 141 Å². The lowest BCUT2D eigenvalue weighted by Gasteiger charge is -2.70. The molecule has 0 aromatic carbocycles. The highest BCUT2D eigenvalue weighted by atomic mass is 16.8. The molecule has 6 fully saturated rings. The number of hydrogen-bond donors (Lipinski definition) is 0. The Balaban J connectivity index is 1.27. The number of isocyanates is 3. The maximum Gasteiger partial charge on any atom is 0.303 e. The monoisotopic (exact) mass is 1020 g/mol. The average molecular weight is 1020 g/mol. The number of hydrogen-bond acceptors (Lipinski definition) is 21. The summed E-state index contributed by atoms with van der Waals surface area (Å²) in [6.07, 6.45) is -5.16. The third kappa shape index (κ3) is 10.1. The van der Waals surface area contributed by atoms with Gasteiger partial charge in [-0.25, -0.2) is 14.4 Å². The Morgan fingerprint density at radius 2 is 1.08 bits per heavy atom. The van der Waals surface area contributed by atoms with Crippen LogP contribution in [-0.4, -0.2) is 127 Å². The highest BCUT2D eigenvalue weighted by Gasteiger charge is 2.71. The molecule has 5 aliphatic carbocycles. The molecule has 2 saturated heterocycles. The fourth-order valence-corrected chi connectivity index (χ4v) is 14.8. The van der Waals surface area contributed by atoms with Gasteiger partial charge in [0, 0.05) is 40.5 Å². The van der Waals surface area contributed by atoms with Gasteiger partial charge in [-0.05, 0) is 110 Å². The second-order valence-corrected chi connectivity index (χ2v) is 23.1. The summed E-state index contributed by atoms with van der Waals surface area (Å²) < 4.78 is 53.9. The summed E-state index contributed by atoms with van der Waals surface area (Å²) in [7, 11) is 0. The SMILES string of the molecule is CC(=O)O[C@@H]1[C@@H](OC(C)=O)[C@H](O[C@H]2[C@H](O[C@H]3CC[C@]4(C)[C@H]5C(=O)C=C6[C@@H]7C[C@@](C)(N=C=O)CC[C@]7(C)CC[C@@]6(C)[C@]5(C)CC[C@H]4C3(C)C)OC(N=C=O)[C@@H](OC(C)=O)[C@@H]2OC(C)=O)OC(N=C=O)[C@H]1OC(C)=O. The molecule has 0 N–H and O–H groups in total. The minimum atomic E-state index is -1.93. The lowest BCUT2D eigenvalue weighted by atomic mass is 9.33. The van der Waals surface area contributed by atoms with Gasteiger partial charge in [-0.15, -0.1) is 0 Å². The Labute approximate surface area is 424 Å². The number of nitrogens with zero attached hydrogens (tertiary/aromatic N) is 3. The third-order valence-corrected chi connectivity index (χ3v) is 18.2. The third-order valence-electron chi connectivity index (χ3n) is 18.2. The first-order valence-electron chi connectivity index (χ1n) is 25.1. The molecular formula is C52H69N3O18. The van der Waals surface area contributed by atoms with E-state index in [1.54, 1.807) is 0 Å². The van der Waals surface area contributed by atoms with E-state index in [2.05, 4.69) is 42.7 Å². The normalized spacial score (nSPS) is 43.3. The van der Waals surface area contributed by atoms with E-state index in [-0.39, 0.29) is 34.4 Å². The van der Waals surface area contributed by atoms with Crippen molar-refractivity contribution in [3.8, 4) is 0 Å². The molecular weight excluding hydrogens is 955 g/mol. The lowest BCUT2D eigenvalue weighted by Crippen LogP contribution is -2.68. The zero-order valence-electron chi connectivity index (χ0n) is 43.7. The fourth-order valence-electron chi connectivity index (χ4n) is 14.8. The summed E-state index contributed by atoms with van der Waals surface area (Å²) >= 11 is 0. The summed E-state index contributed by atoms with van der Waals surface area (Å²) in [5, 5.41) is 0. The minimum absolute atomic E-state index is 0.0390. The smallest absolute Gasteiger partial charge is 0.303 e. The van der Waals surface area contributed by atoms with Gasteiger partial charge in [0.15, 0.2) is 48.7 Å². The van der Waals surface area contributed by atoms with E-state index in [1.807, 2.05) is 32.9 Å². The first kappa shape index (κ1) is 55.5. The molecule has 2 unspecified atom stereocenters. The molecule has 400 valence electrons. The molecule has 0 bridgehead atoms. The van der Waals surface area contributed by atoms with Gasteiger partial charge >= 0.3 is 29.8 Å². The van der Waals surface area contributed by atoms with Crippen molar-refractivity contribution >= 4 is 53.9 Å². The molecule has 0 aromatic rings. The quantitative estimate of drug-likeness (QED) is 0.0765. The predicted molar refractivity (Wildman–Crippen MR) is 249 cm³/mol. The maximum atomic E-state index is 15.2. The molecule has 0 amide bonds. The largest absolute Gasteiger partial charge is 0.455 e. The molecule has 21 nitrogen and oxygen atoms in total. The van der Waals surface area contributed by atoms with E-state index in [9.17, 15) is 38.4 Å². The molecule has 7 rings (SSSR count). The number of aliphatic imine (C=N–C) groups is 3. The molecule has 4 saturated carbocycles. The zero-order chi connectivity index (χ0) is 53.8. The van der Waals surface area contributed by atoms with Crippen LogP contribution in [0.15, 0.2) is 26.6 Å². The Morgan fingerprint density at radius 3 is 1.60 bits per heavy atom. The van der Waals surface area contributed by atoms with E-state index in [4.69, 9.17) is 42.6 Å². The fraction of sp³-hybridized carbons (Fsp3) is 0.788. The van der Waals surface area contributed by atoms with Gasteiger partial charge in [-0.3, -0.25) is 28.8 Å². The summed E-state index contributed by atoms with van der Waals surface area (Å²) in [5.41, 5.74) is -1.47. The molecule has 73 heavy (non-hydrogen) atoms. The number of carbonyl (C=O) groups excluding carboxylic acids is 9. The van der Waals surface area contributed by atoms with Crippen molar-refractivity contribution in [2.24, 2.45) is 59.8 Å². The molecule has 0 radical (unpaired) electrons. The van der Waals surface area contributed by atoms with Crippen molar-refractivity contribution in [2.45, 2.75) is 214 Å². The van der Waals surface area contributed by atoms with Crippen molar-refractivity contribution in [1.82, 2.24) is 0 Å². The summed E-state index contributed by atoms with van der Waals surface area (Å²) in [6.45, 7) is 20.4. The standard InChI is InChI=1S/C52H69N3O18/c1-26(59)65-36-38(67-28(3)61)44(54-24-57)73-46(40(36)69-30(5)63)71-41-37(66-27(2)60)39(68-29(4)62)43(53-23-56)72-45(41)70-35-14-15-50(10)34(47(35,6)7)13-16-52(12)42(50)33(64)21-31-32-22-49(9,55-25-58)19-17-48(32,8)18-20-51(31,52)11/h21,32,34-46H,13-20,22H2,1-12H3/t32-,34-,35-,36-,37-,38-,39-,40+,41+,42+,43?,44?,45+,46+,48+,49-,50-,51+,52+/m0/s1. The van der Waals surface area contributed by atoms with Crippen molar-refractivity contribution in [3.63, 3.8) is 0 Å². The highest BCUT2D eigenvalue weighted by molar-refractivity contribution is 5.95. The van der Waals surface area contributed by atoms with Crippen LogP contribution in [0.5, 0.6) is 0 Å². The topological polar surface area (TPSA) is 274 Å². The molecule has 0 aromatic heterocycles. The first-order valence-corrected chi connectivity index (χ1v) is 25.1. The molecule has 2 aliphatic heterocycles. The average Bonchev–Trinajstić information content (AvgIpc) is 3.27. The van der Waals surface area contributed by atoms with Gasteiger partial charge < -0.3 is 42.6 Å². The number of rotatable bonds is 12. The van der Waals surface area contributed by atoms with Gasteiger partial charge in [-0.1, -0.05) is 47.1 Å². The number of ketones is 1. The first-order chi connectivity index (χ1) is 34.1. The highest BCUT2D eigenvalue weighted by Crippen LogP contribution is 2.75. The molecule has 7 aliphatic rings. The van der Waals surface area contributed by atoms with Gasteiger partial charge in [0.1, 0.15) is 0 Å². The molecule has 2 heterocycles. The number of carbonyl (C=O) groups is 6. The van der Waals surface area contributed by atoms with E-state index in [0.29, 0.717) is 19.3 Å². The summed E-state index contributed by atoms with van der Waals surface area (Å²) in [4.78, 5) is 126. The number of allylic oxidation sites excluding steroid dienone is 2. The molecule has 19 atom stereocenters. The van der Waals surface area contributed by atoms with E-state index in [0.717, 1.165) is 73.1 Å². The van der Waals surface area contributed by atoms with Crippen molar-refractivity contribution in [2.75, 3.05) is 0 Å². The van der Waals surface area contributed by atoms with Crippen LogP contribution in [-0.2, 0) is 85.8 Å². The van der Waals surface area contributed by atoms with Gasteiger partial charge in [0.2, 0.25) is 37.0 Å². The Morgan fingerprint density at radius 1 is 0.589 bits per heavy atom. The number of esters is 5. The summed E-state index contributed by atoms with van der Waals surface area (Å²) in [6, 6.07) is 0. The minimum Gasteiger partial charge on any atom is -0.455 e. The van der Waals surface area contributed by atoms with Crippen molar-refractivity contribution < 1.29 is 85.8 Å². The molecule has 21 heteroatoms. The molecule has 0 spiro atoms. The van der Waals surface area contributed by atoms with Crippen LogP contribution >= 0.6 is 0 Å². The Kier molecular flexibility index (Phi) is 15.6. The van der Waals surface area contributed by atoms with E-state index in [1.165, 1.54) is 17.7 Å². The number of fused-ring (bicyclic) bond motifs is 7. The van der Waals surface area contributed by atoms with Crippen LogP contribution in [0.2, 0.25) is 0 Å². The van der Waals surface area contributed by atoms with Crippen LogP contribution in [0, 0.1) is 44.8 Å². The predicted octanol–water partition coefficient (Wildman–Crippen LogP) is 5.52.